The average Bonchev–Trinajstić information content (AvgIpc) is 2.08. The van der Waals surface area contributed by atoms with Crippen molar-refractivity contribution in [3.05, 3.63) is 0 Å². The lowest BCUT2D eigenvalue weighted by molar-refractivity contribution is 0.612. The Morgan fingerprint density at radius 2 is 1.27 bits per heavy atom. The fourth-order valence-corrected chi connectivity index (χ4v) is 0.925. The average molecular weight is 161 g/mol. The van der Waals surface area contributed by atoms with Gasteiger partial charge in [0, 0.05) is 0 Å². The third-order valence-electron chi connectivity index (χ3n) is 1.56. The van der Waals surface area contributed by atoms with Gasteiger partial charge in [0.15, 0.2) is 0 Å². The zero-order valence-corrected chi connectivity index (χ0v) is 7.68. The van der Waals surface area contributed by atoms with Crippen LogP contribution < -0.4 is 17.4 Å². The van der Waals surface area contributed by atoms with Crippen LogP contribution >= 0.6 is 0 Å². The van der Waals surface area contributed by atoms with E-state index < -0.39 is 0 Å². The maximum absolute atomic E-state index is 5.34. The normalized spacial score (nSPS) is 8.73. The van der Waals surface area contributed by atoms with Gasteiger partial charge in [0.05, 0.1) is 0 Å². The van der Waals surface area contributed by atoms with Gasteiger partial charge in [-0.1, -0.05) is 39.0 Å². The molecule has 0 aliphatic carbocycles. The van der Waals surface area contributed by atoms with Crippen LogP contribution in [0.4, 0.5) is 0 Å². The van der Waals surface area contributed by atoms with Crippen molar-refractivity contribution in [2.75, 3.05) is 6.54 Å². The number of hydrogen-bond acceptors (Lipinski definition) is 3. The molecule has 3 nitrogen and oxygen atoms in total. The Morgan fingerprint density at radius 3 is 1.73 bits per heavy atom. The minimum absolute atomic E-state index is 0.867. The Kier molecular flexibility index (Phi) is 20.2. The van der Waals surface area contributed by atoms with Crippen molar-refractivity contribution in [2.45, 2.75) is 45.4 Å². The monoisotopic (exact) mass is 161 g/mol. The summed E-state index contributed by atoms with van der Waals surface area (Å²) in [5.74, 6) is 8.00. The lowest BCUT2D eigenvalue weighted by atomic mass is 10.1. The van der Waals surface area contributed by atoms with Crippen LogP contribution in [-0.2, 0) is 0 Å². The molecule has 0 saturated heterocycles. The van der Waals surface area contributed by atoms with Gasteiger partial charge in [-0.3, -0.25) is 11.7 Å². The van der Waals surface area contributed by atoms with Gasteiger partial charge in [-0.25, -0.2) is 0 Å². The van der Waals surface area contributed by atoms with Crippen molar-refractivity contribution in [1.29, 1.82) is 0 Å². The predicted octanol–water partition coefficient (Wildman–Crippen LogP) is 1.12. The Labute approximate surface area is 70.3 Å². The van der Waals surface area contributed by atoms with E-state index in [4.69, 9.17) is 5.73 Å². The smallest absolute Gasteiger partial charge is 0.00773 e. The van der Waals surface area contributed by atoms with E-state index in [1.165, 1.54) is 38.5 Å². The second kappa shape index (κ2) is 16.5. The van der Waals surface area contributed by atoms with Crippen molar-refractivity contribution in [3.63, 3.8) is 0 Å². The summed E-state index contributed by atoms with van der Waals surface area (Å²) in [7, 11) is 0. The number of hydrogen-bond donors (Lipinski definition) is 3. The first-order valence-electron chi connectivity index (χ1n) is 4.45. The standard InChI is InChI=1S/C8H19N.H4N2/c1-2-3-4-5-6-7-8-9;1-2/h2-9H2,1H3;1-2H2. The molecule has 0 fully saturated rings. The van der Waals surface area contributed by atoms with Gasteiger partial charge in [-0.2, -0.15) is 0 Å². The van der Waals surface area contributed by atoms with Gasteiger partial charge in [0.1, 0.15) is 0 Å². The van der Waals surface area contributed by atoms with E-state index >= 15 is 0 Å². The second-order valence-corrected chi connectivity index (χ2v) is 2.56. The van der Waals surface area contributed by atoms with E-state index in [1.54, 1.807) is 0 Å². The van der Waals surface area contributed by atoms with Gasteiger partial charge >= 0.3 is 0 Å². The molecule has 6 N–H and O–H groups in total. The SMILES string of the molecule is CCCCCCCCN.NN. The topological polar surface area (TPSA) is 78.1 Å². The molecular formula is C8H23N3. The number of nitrogens with two attached hydrogens (primary N) is 3. The fourth-order valence-electron chi connectivity index (χ4n) is 0.925. The number of rotatable bonds is 6. The van der Waals surface area contributed by atoms with E-state index in [1.807, 2.05) is 0 Å². The highest BCUT2D eigenvalue weighted by molar-refractivity contribution is 4.43. The fraction of sp³-hybridized carbons (Fsp3) is 1.00. The molecular weight excluding hydrogens is 138 g/mol. The first-order valence-corrected chi connectivity index (χ1v) is 4.45. The molecule has 11 heavy (non-hydrogen) atoms. The molecule has 0 heterocycles. The molecule has 0 radical (unpaired) electrons. The molecule has 0 aliphatic heterocycles. The molecule has 0 spiro atoms. The molecule has 0 bridgehead atoms. The summed E-state index contributed by atoms with van der Waals surface area (Å²) >= 11 is 0. The summed E-state index contributed by atoms with van der Waals surface area (Å²) in [5, 5.41) is 0. The van der Waals surface area contributed by atoms with E-state index in [9.17, 15) is 0 Å². The highest BCUT2D eigenvalue weighted by Crippen LogP contribution is 2.03. The predicted molar refractivity (Wildman–Crippen MR) is 50.8 cm³/mol. The van der Waals surface area contributed by atoms with Gasteiger partial charge in [0.25, 0.3) is 0 Å². The highest BCUT2D eigenvalue weighted by atomic mass is 15.0. The van der Waals surface area contributed by atoms with Crippen molar-refractivity contribution in [3.8, 4) is 0 Å². The summed E-state index contributed by atoms with van der Waals surface area (Å²) in [6.07, 6.45) is 8.05. The van der Waals surface area contributed by atoms with Crippen molar-refractivity contribution in [2.24, 2.45) is 17.4 Å². The van der Waals surface area contributed by atoms with Crippen molar-refractivity contribution in [1.82, 2.24) is 0 Å². The van der Waals surface area contributed by atoms with Crippen LogP contribution in [0.1, 0.15) is 45.4 Å². The largest absolute Gasteiger partial charge is 0.330 e. The van der Waals surface area contributed by atoms with E-state index in [-0.39, 0.29) is 0 Å². The van der Waals surface area contributed by atoms with Gasteiger partial charge in [-0.05, 0) is 13.0 Å². The molecule has 3 heteroatoms. The molecule has 0 aliphatic rings. The molecule has 0 aromatic carbocycles. The quantitative estimate of drug-likeness (QED) is 0.310. The lowest BCUT2D eigenvalue weighted by Crippen LogP contribution is -2.02. The van der Waals surface area contributed by atoms with Crippen LogP contribution in [0.3, 0.4) is 0 Å². The lowest BCUT2D eigenvalue weighted by Gasteiger charge is -1.96. The summed E-state index contributed by atoms with van der Waals surface area (Å²) in [5.41, 5.74) is 5.34. The molecule has 70 valence electrons. The van der Waals surface area contributed by atoms with Crippen LogP contribution in [-0.4, -0.2) is 6.54 Å². The number of unbranched alkanes of at least 4 members (excludes halogenated alkanes) is 5. The van der Waals surface area contributed by atoms with Crippen LogP contribution in [0.5, 0.6) is 0 Å². The molecule has 0 amide bonds. The summed E-state index contributed by atoms with van der Waals surface area (Å²) in [6.45, 7) is 3.11. The molecule has 0 aromatic heterocycles. The van der Waals surface area contributed by atoms with Crippen LogP contribution in [0.15, 0.2) is 0 Å². The van der Waals surface area contributed by atoms with Crippen LogP contribution in [0.25, 0.3) is 0 Å². The maximum atomic E-state index is 5.34. The molecule has 0 rings (SSSR count). The molecule has 0 unspecified atom stereocenters. The Hall–Kier alpha value is -0.120. The van der Waals surface area contributed by atoms with E-state index in [0.29, 0.717) is 0 Å². The Morgan fingerprint density at radius 1 is 0.818 bits per heavy atom. The summed E-state index contributed by atoms with van der Waals surface area (Å²) < 4.78 is 0. The van der Waals surface area contributed by atoms with E-state index in [0.717, 1.165) is 6.54 Å². The van der Waals surface area contributed by atoms with E-state index in [2.05, 4.69) is 18.6 Å². The van der Waals surface area contributed by atoms with Gasteiger partial charge in [0.2, 0.25) is 0 Å². The maximum Gasteiger partial charge on any atom is -0.00773 e. The third kappa shape index (κ3) is 17.7. The van der Waals surface area contributed by atoms with Crippen LogP contribution in [0.2, 0.25) is 0 Å². The number of hydrazine groups is 1. The van der Waals surface area contributed by atoms with Gasteiger partial charge < -0.3 is 5.73 Å². The second-order valence-electron chi connectivity index (χ2n) is 2.56. The molecule has 0 saturated carbocycles. The van der Waals surface area contributed by atoms with Crippen molar-refractivity contribution >= 4 is 0 Å². The minimum Gasteiger partial charge on any atom is -0.330 e. The third-order valence-corrected chi connectivity index (χ3v) is 1.56. The molecule has 0 aromatic rings. The Balaban J connectivity index is 0. The molecule has 0 atom stereocenters. The summed E-state index contributed by atoms with van der Waals surface area (Å²) in [4.78, 5) is 0. The summed E-state index contributed by atoms with van der Waals surface area (Å²) in [6, 6.07) is 0. The first kappa shape index (κ1) is 13.5. The highest BCUT2D eigenvalue weighted by Gasteiger charge is 1.85. The van der Waals surface area contributed by atoms with Gasteiger partial charge in [-0.15, -0.1) is 0 Å². The zero-order chi connectivity index (χ0) is 8.95. The first-order chi connectivity index (χ1) is 5.41. The zero-order valence-electron chi connectivity index (χ0n) is 7.68. The minimum atomic E-state index is 0.867. The van der Waals surface area contributed by atoms with Crippen molar-refractivity contribution < 1.29 is 0 Å². The van der Waals surface area contributed by atoms with Crippen LogP contribution in [0, 0.1) is 0 Å². The Bertz CT molecular complexity index is 42.6.